The van der Waals surface area contributed by atoms with Gasteiger partial charge < -0.3 is 4.18 Å². The van der Waals surface area contributed by atoms with Crippen molar-refractivity contribution in [2.45, 2.75) is 12.4 Å². The van der Waals surface area contributed by atoms with Gasteiger partial charge >= 0.3 is 15.6 Å². The topological polar surface area (TPSA) is 43.4 Å². The van der Waals surface area contributed by atoms with Crippen LogP contribution in [0.25, 0.3) is 0 Å². The first-order valence-corrected chi connectivity index (χ1v) is 6.10. The summed E-state index contributed by atoms with van der Waals surface area (Å²) in [5.41, 5.74) is -5.14. The average molecular weight is 319 g/mol. The molecule has 0 aliphatic carbocycles. The minimum absolute atomic E-state index is 0.288. The summed E-state index contributed by atoms with van der Waals surface area (Å²) in [6.07, 6.45) is 0. The van der Waals surface area contributed by atoms with Gasteiger partial charge in [0.1, 0.15) is 5.75 Å². The molecule has 0 saturated carbocycles. The Labute approximate surface area is 98.5 Å². The second kappa shape index (κ2) is 4.25. The van der Waals surface area contributed by atoms with E-state index in [1.165, 1.54) is 13.0 Å². The van der Waals surface area contributed by atoms with Gasteiger partial charge in [0.15, 0.2) is 0 Å². The molecule has 1 aromatic rings. The number of halogens is 4. The summed E-state index contributed by atoms with van der Waals surface area (Å²) in [7, 11) is -5.61. The molecule has 0 aromatic heterocycles. The summed E-state index contributed by atoms with van der Waals surface area (Å²) in [5, 5.41) is 0. The average Bonchev–Trinajstić information content (AvgIpc) is 2.09. The minimum Gasteiger partial charge on any atom is -0.376 e. The van der Waals surface area contributed by atoms with Gasteiger partial charge in [0, 0.05) is 4.47 Å². The van der Waals surface area contributed by atoms with Crippen LogP contribution in [0.2, 0.25) is 0 Å². The van der Waals surface area contributed by atoms with Gasteiger partial charge in [-0.15, -0.1) is 0 Å². The van der Waals surface area contributed by atoms with Crippen molar-refractivity contribution in [1.82, 2.24) is 0 Å². The van der Waals surface area contributed by atoms with Crippen molar-refractivity contribution in [3.8, 4) is 5.75 Å². The maximum atomic E-state index is 12.0. The highest BCUT2D eigenvalue weighted by atomic mass is 79.9. The Kier molecular flexibility index (Phi) is 3.53. The van der Waals surface area contributed by atoms with Crippen LogP contribution < -0.4 is 4.18 Å². The molecule has 0 amide bonds. The van der Waals surface area contributed by atoms with Gasteiger partial charge in [-0.05, 0) is 24.6 Å². The monoisotopic (exact) mass is 318 g/mol. The molecule has 0 heterocycles. The summed E-state index contributed by atoms with van der Waals surface area (Å²) in [6, 6.07) is 4.15. The van der Waals surface area contributed by atoms with Gasteiger partial charge in [-0.3, -0.25) is 0 Å². The summed E-state index contributed by atoms with van der Waals surface area (Å²) in [6.45, 7) is 1.44. The van der Waals surface area contributed by atoms with Crippen LogP contribution in [0.1, 0.15) is 5.56 Å². The fourth-order valence-electron chi connectivity index (χ4n) is 0.829. The first-order valence-electron chi connectivity index (χ1n) is 3.90. The summed E-state index contributed by atoms with van der Waals surface area (Å²) < 4.78 is 61.9. The molecular formula is C8H6BrF3O3S. The molecule has 0 atom stereocenters. The number of aryl methyl sites for hydroxylation is 1. The van der Waals surface area contributed by atoms with Gasteiger partial charge in [0.05, 0.1) is 0 Å². The molecule has 0 radical (unpaired) electrons. The number of benzene rings is 1. The fourth-order valence-corrected chi connectivity index (χ4v) is 1.68. The van der Waals surface area contributed by atoms with E-state index in [1.54, 1.807) is 6.07 Å². The smallest absolute Gasteiger partial charge is 0.376 e. The van der Waals surface area contributed by atoms with Crippen molar-refractivity contribution in [3.05, 3.63) is 28.2 Å². The van der Waals surface area contributed by atoms with E-state index >= 15 is 0 Å². The van der Waals surface area contributed by atoms with Crippen LogP contribution in [0, 0.1) is 6.92 Å². The lowest BCUT2D eigenvalue weighted by molar-refractivity contribution is -0.0500. The Balaban J connectivity index is 3.11. The Morgan fingerprint density at radius 3 is 2.38 bits per heavy atom. The number of hydrogen-bond acceptors (Lipinski definition) is 3. The second-order valence-electron chi connectivity index (χ2n) is 2.89. The SMILES string of the molecule is Cc1ccc(Br)cc1OS(=O)(=O)C(F)(F)F. The van der Waals surface area contributed by atoms with Crippen LogP contribution in [0.5, 0.6) is 5.75 Å². The molecule has 0 spiro atoms. The van der Waals surface area contributed by atoms with Crippen molar-refractivity contribution in [2.24, 2.45) is 0 Å². The Morgan fingerprint density at radius 1 is 1.31 bits per heavy atom. The maximum absolute atomic E-state index is 12.0. The zero-order valence-corrected chi connectivity index (χ0v) is 10.3. The van der Waals surface area contributed by atoms with Crippen LogP contribution >= 0.6 is 15.9 Å². The van der Waals surface area contributed by atoms with E-state index in [-0.39, 0.29) is 11.3 Å². The molecule has 3 nitrogen and oxygen atoms in total. The quantitative estimate of drug-likeness (QED) is 0.622. The lowest BCUT2D eigenvalue weighted by Crippen LogP contribution is -2.28. The van der Waals surface area contributed by atoms with Gasteiger partial charge in [-0.25, -0.2) is 0 Å². The van der Waals surface area contributed by atoms with E-state index in [4.69, 9.17) is 0 Å². The molecule has 0 unspecified atom stereocenters. The van der Waals surface area contributed by atoms with Gasteiger partial charge in [-0.1, -0.05) is 22.0 Å². The molecule has 8 heteroatoms. The Morgan fingerprint density at radius 2 is 1.88 bits per heavy atom. The van der Waals surface area contributed by atoms with E-state index in [0.29, 0.717) is 4.47 Å². The lowest BCUT2D eigenvalue weighted by Gasteiger charge is -2.11. The summed E-state index contributed by atoms with van der Waals surface area (Å²) >= 11 is 3.00. The fraction of sp³-hybridized carbons (Fsp3) is 0.250. The maximum Gasteiger partial charge on any atom is 0.534 e. The molecule has 1 rings (SSSR count). The zero-order chi connectivity index (χ0) is 12.6. The van der Waals surface area contributed by atoms with Crippen molar-refractivity contribution < 1.29 is 25.8 Å². The molecule has 1 aromatic carbocycles. The van der Waals surface area contributed by atoms with E-state index in [9.17, 15) is 21.6 Å². The third-order valence-corrected chi connectivity index (χ3v) is 3.09. The van der Waals surface area contributed by atoms with Crippen LogP contribution in [0.4, 0.5) is 13.2 Å². The molecule has 0 saturated heterocycles. The van der Waals surface area contributed by atoms with E-state index < -0.39 is 15.6 Å². The summed E-state index contributed by atoms with van der Waals surface area (Å²) in [5.74, 6) is -0.355. The van der Waals surface area contributed by atoms with Crippen molar-refractivity contribution in [3.63, 3.8) is 0 Å². The largest absolute Gasteiger partial charge is 0.534 e. The van der Waals surface area contributed by atoms with Crippen LogP contribution in [0.15, 0.2) is 22.7 Å². The minimum atomic E-state index is -5.61. The third kappa shape index (κ3) is 2.88. The highest BCUT2D eigenvalue weighted by molar-refractivity contribution is 9.10. The molecule has 0 aliphatic heterocycles. The van der Waals surface area contributed by atoms with E-state index in [0.717, 1.165) is 6.07 Å². The first-order chi connectivity index (χ1) is 7.13. The number of alkyl halides is 3. The number of hydrogen-bond donors (Lipinski definition) is 0. The standard InChI is InChI=1S/C8H6BrF3O3S/c1-5-2-3-6(9)4-7(5)15-16(13,14)8(10,11)12/h2-4H,1H3. The van der Waals surface area contributed by atoms with Crippen molar-refractivity contribution in [1.29, 1.82) is 0 Å². The van der Waals surface area contributed by atoms with Crippen molar-refractivity contribution in [2.75, 3.05) is 0 Å². The molecule has 16 heavy (non-hydrogen) atoms. The molecule has 0 aliphatic rings. The predicted octanol–water partition coefficient (Wildman–Crippen LogP) is 2.99. The second-order valence-corrected chi connectivity index (χ2v) is 5.35. The van der Waals surface area contributed by atoms with Crippen LogP contribution in [-0.2, 0) is 10.1 Å². The van der Waals surface area contributed by atoms with E-state index in [2.05, 4.69) is 20.1 Å². The van der Waals surface area contributed by atoms with E-state index in [1.807, 2.05) is 0 Å². The van der Waals surface area contributed by atoms with Crippen molar-refractivity contribution >= 4 is 26.0 Å². The van der Waals surface area contributed by atoms with Crippen LogP contribution in [0.3, 0.4) is 0 Å². The molecule has 0 fully saturated rings. The lowest BCUT2D eigenvalue weighted by atomic mass is 10.2. The highest BCUT2D eigenvalue weighted by Gasteiger charge is 2.48. The normalized spacial score (nSPS) is 12.6. The van der Waals surface area contributed by atoms with Crippen LogP contribution in [-0.4, -0.2) is 13.9 Å². The van der Waals surface area contributed by atoms with Gasteiger partial charge in [0.2, 0.25) is 0 Å². The van der Waals surface area contributed by atoms with Gasteiger partial charge in [-0.2, -0.15) is 21.6 Å². The molecule has 0 bridgehead atoms. The van der Waals surface area contributed by atoms with Gasteiger partial charge in [0.25, 0.3) is 0 Å². The Bertz CT molecular complexity index is 496. The summed E-state index contributed by atoms with van der Waals surface area (Å²) in [4.78, 5) is 0. The molecular weight excluding hydrogens is 313 g/mol. The molecule has 0 N–H and O–H groups in total. The Hall–Kier alpha value is -0.760. The third-order valence-electron chi connectivity index (χ3n) is 1.63. The first kappa shape index (κ1) is 13.3. The number of rotatable bonds is 2. The highest BCUT2D eigenvalue weighted by Crippen LogP contribution is 2.30. The predicted molar refractivity (Wildman–Crippen MR) is 54.5 cm³/mol. The zero-order valence-electron chi connectivity index (χ0n) is 7.88. The molecule has 90 valence electrons.